The molecule has 6 nitrogen and oxygen atoms in total. The number of esters is 2. The molecule has 0 heterocycles. The zero-order valence-electron chi connectivity index (χ0n) is 15.2. The number of carbonyl (C=O) groups is 2. The number of rotatable bonds is 6. The van der Waals surface area contributed by atoms with Gasteiger partial charge in [-0.25, -0.2) is 9.59 Å². The number of carbonyl (C=O) groups excluding carboxylic acids is 2. The fourth-order valence-corrected chi connectivity index (χ4v) is 2.82. The van der Waals surface area contributed by atoms with Crippen LogP contribution >= 0.6 is 35.4 Å². The van der Waals surface area contributed by atoms with Gasteiger partial charge in [-0.15, -0.1) is 0 Å². The summed E-state index contributed by atoms with van der Waals surface area (Å²) in [5.41, 5.74) is 1.27. The SMILES string of the molecule is CCOC(=O)c1ccc(C(=O)OCC)c(NC(=S)Nc2cccc(Cl)c2Cl)c1. The zero-order chi connectivity index (χ0) is 20.7. The van der Waals surface area contributed by atoms with Gasteiger partial charge in [0.2, 0.25) is 0 Å². The lowest BCUT2D eigenvalue weighted by atomic mass is 10.1. The van der Waals surface area contributed by atoms with Crippen LogP contribution < -0.4 is 10.6 Å². The summed E-state index contributed by atoms with van der Waals surface area (Å²) in [6.45, 7) is 3.84. The van der Waals surface area contributed by atoms with E-state index in [2.05, 4.69) is 10.6 Å². The third kappa shape index (κ3) is 5.58. The van der Waals surface area contributed by atoms with Gasteiger partial charge < -0.3 is 20.1 Å². The van der Waals surface area contributed by atoms with Crippen LogP contribution in [0.1, 0.15) is 34.6 Å². The van der Waals surface area contributed by atoms with Gasteiger partial charge in [0.1, 0.15) is 0 Å². The molecule has 0 spiro atoms. The Morgan fingerprint density at radius 1 is 0.964 bits per heavy atom. The summed E-state index contributed by atoms with van der Waals surface area (Å²) in [5, 5.41) is 6.62. The van der Waals surface area contributed by atoms with Crippen molar-refractivity contribution < 1.29 is 19.1 Å². The number of benzene rings is 2. The number of halogens is 2. The molecular weight excluding hydrogens is 423 g/mol. The molecule has 9 heteroatoms. The first-order valence-corrected chi connectivity index (χ1v) is 9.54. The van der Waals surface area contributed by atoms with Gasteiger partial charge in [0.05, 0.1) is 45.8 Å². The first kappa shape index (κ1) is 21.9. The van der Waals surface area contributed by atoms with Gasteiger partial charge in [0.15, 0.2) is 5.11 Å². The monoisotopic (exact) mass is 440 g/mol. The van der Waals surface area contributed by atoms with E-state index in [0.29, 0.717) is 21.4 Å². The molecule has 0 aliphatic rings. The molecule has 0 amide bonds. The fraction of sp³-hybridized carbons (Fsp3) is 0.211. The minimum Gasteiger partial charge on any atom is -0.462 e. The van der Waals surface area contributed by atoms with E-state index in [1.165, 1.54) is 18.2 Å². The highest BCUT2D eigenvalue weighted by Gasteiger charge is 2.17. The molecule has 0 aliphatic heterocycles. The quantitative estimate of drug-likeness (QED) is 0.474. The van der Waals surface area contributed by atoms with E-state index in [4.69, 9.17) is 44.9 Å². The van der Waals surface area contributed by atoms with Gasteiger partial charge in [-0.05, 0) is 56.4 Å². The van der Waals surface area contributed by atoms with Crippen molar-refractivity contribution in [2.75, 3.05) is 23.8 Å². The Hall–Kier alpha value is -2.35. The van der Waals surface area contributed by atoms with Crippen molar-refractivity contribution in [1.82, 2.24) is 0 Å². The molecule has 0 fully saturated rings. The number of thiocarbonyl (C=S) groups is 1. The second kappa shape index (κ2) is 10.3. The largest absolute Gasteiger partial charge is 0.462 e. The average Bonchev–Trinajstić information content (AvgIpc) is 2.65. The third-order valence-electron chi connectivity index (χ3n) is 3.47. The molecule has 0 atom stereocenters. The number of anilines is 2. The predicted molar refractivity (Wildman–Crippen MR) is 115 cm³/mol. The van der Waals surface area contributed by atoms with Crippen molar-refractivity contribution in [1.29, 1.82) is 0 Å². The Bertz CT molecular complexity index is 905. The molecule has 2 N–H and O–H groups in total. The molecule has 2 rings (SSSR count). The van der Waals surface area contributed by atoms with Crippen LogP contribution in [0.25, 0.3) is 0 Å². The highest BCUT2D eigenvalue weighted by Crippen LogP contribution is 2.30. The van der Waals surface area contributed by atoms with Crippen molar-refractivity contribution in [3.05, 3.63) is 57.6 Å². The molecule has 0 unspecified atom stereocenters. The summed E-state index contributed by atoms with van der Waals surface area (Å²) in [6.07, 6.45) is 0. The molecule has 2 aromatic carbocycles. The van der Waals surface area contributed by atoms with Crippen LogP contribution in [-0.2, 0) is 9.47 Å². The van der Waals surface area contributed by atoms with Crippen LogP contribution in [0, 0.1) is 0 Å². The van der Waals surface area contributed by atoms with Gasteiger partial charge in [0, 0.05) is 0 Å². The Morgan fingerprint density at radius 2 is 1.61 bits per heavy atom. The molecule has 2 aromatic rings. The molecular formula is C19H18Cl2N2O4S. The van der Waals surface area contributed by atoms with E-state index in [0.717, 1.165) is 0 Å². The van der Waals surface area contributed by atoms with E-state index in [1.54, 1.807) is 32.0 Å². The van der Waals surface area contributed by atoms with Gasteiger partial charge in [-0.1, -0.05) is 29.3 Å². The molecule has 0 aromatic heterocycles. The fourth-order valence-electron chi connectivity index (χ4n) is 2.25. The Morgan fingerprint density at radius 3 is 2.29 bits per heavy atom. The standard InChI is InChI=1S/C19H18Cl2N2O4S/c1-3-26-17(24)11-8-9-12(18(25)27-4-2)15(10-11)23-19(28)22-14-7-5-6-13(20)16(14)21/h5-10H,3-4H2,1-2H3,(H2,22,23,28). The molecule has 0 saturated heterocycles. The lowest BCUT2D eigenvalue weighted by Crippen LogP contribution is -2.22. The number of hydrogen-bond acceptors (Lipinski definition) is 5. The van der Waals surface area contributed by atoms with Gasteiger partial charge in [-0.3, -0.25) is 0 Å². The maximum atomic E-state index is 12.2. The second-order valence-corrected chi connectivity index (χ2v) is 6.58. The van der Waals surface area contributed by atoms with E-state index in [1.807, 2.05) is 0 Å². The molecule has 0 aliphatic carbocycles. The van der Waals surface area contributed by atoms with Crippen LogP contribution in [0.2, 0.25) is 10.0 Å². The first-order chi connectivity index (χ1) is 13.4. The van der Waals surface area contributed by atoms with Crippen LogP contribution in [0.4, 0.5) is 11.4 Å². The summed E-state index contributed by atoms with van der Waals surface area (Å²) in [5.74, 6) is -1.07. The first-order valence-electron chi connectivity index (χ1n) is 8.37. The average molecular weight is 441 g/mol. The number of ether oxygens (including phenoxy) is 2. The lowest BCUT2D eigenvalue weighted by Gasteiger charge is -2.15. The summed E-state index contributed by atoms with van der Waals surface area (Å²) >= 11 is 17.4. The predicted octanol–water partition coefficient (Wildman–Crippen LogP) is 5.16. The van der Waals surface area contributed by atoms with Crippen LogP contribution in [0.15, 0.2) is 36.4 Å². The van der Waals surface area contributed by atoms with Crippen molar-refractivity contribution in [3.8, 4) is 0 Å². The normalized spacial score (nSPS) is 10.1. The molecule has 0 radical (unpaired) electrons. The third-order valence-corrected chi connectivity index (χ3v) is 4.50. The minimum atomic E-state index is -0.552. The number of hydrogen-bond donors (Lipinski definition) is 2. The van der Waals surface area contributed by atoms with Crippen LogP contribution in [0.5, 0.6) is 0 Å². The highest BCUT2D eigenvalue weighted by molar-refractivity contribution is 7.80. The van der Waals surface area contributed by atoms with Crippen molar-refractivity contribution in [2.24, 2.45) is 0 Å². The van der Waals surface area contributed by atoms with E-state index in [-0.39, 0.29) is 29.5 Å². The Balaban J connectivity index is 2.30. The van der Waals surface area contributed by atoms with Crippen molar-refractivity contribution >= 4 is 63.8 Å². The summed E-state index contributed by atoms with van der Waals surface area (Å²) in [4.78, 5) is 24.2. The maximum absolute atomic E-state index is 12.2. The minimum absolute atomic E-state index is 0.149. The molecule has 148 valence electrons. The maximum Gasteiger partial charge on any atom is 0.340 e. The summed E-state index contributed by atoms with van der Waals surface area (Å²) < 4.78 is 10.1. The number of nitrogens with one attached hydrogen (secondary N) is 2. The van der Waals surface area contributed by atoms with Crippen molar-refractivity contribution in [2.45, 2.75) is 13.8 Å². The zero-order valence-corrected chi connectivity index (χ0v) is 17.5. The van der Waals surface area contributed by atoms with Gasteiger partial charge in [-0.2, -0.15) is 0 Å². The van der Waals surface area contributed by atoms with E-state index >= 15 is 0 Å². The van der Waals surface area contributed by atoms with Crippen LogP contribution in [-0.4, -0.2) is 30.3 Å². The highest BCUT2D eigenvalue weighted by atomic mass is 35.5. The molecule has 28 heavy (non-hydrogen) atoms. The topological polar surface area (TPSA) is 76.7 Å². The second-order valence-electron chi connectivity index (χ2n) is 5.38. The summed E-state index contributed by atoms with van der Waals surface area (Å²) in [7, 11) is 0. The summed E-state index contributed by atoms with van der Waals surface area (Å²) in [6, 6.07) is 9.49. The van der Waals surface area contributed by atoms with Crippen molar-refractivity contribution in [3.63, 3.8) is 0 Å². The molecule has 0 bridgehead atoms. The van der Waals surface area contributed by atoms with Gasteiger partial charge >= 0.3 is 11.9 Å². The smallest absolute Gasteiger partial charge is 0.340 e. The van der Waals surface area contributed by atoms with E-state index in [9.17, 15) is 9.59 Å². The van der Waals surface area contributed by atoms with Gasteiger partial charge in [0.25, 0.3) is 0 Å². The Labute approximate surface area is 178 Å². The lowest BCUT2D eigenvalue weighted by molar-refractivity contribution is 0.0512. The molecule has 0 saturated carbocycles. The Kier molecular flexibility index (Phi) is 8.04. The van der Waals surface area contributed by atoms with E-state index < -0.39 is 11.9 Å². The van der Waals surface area contributed by atoms with Crippen LogP contribution in [0.3, 0.4) is 0 Å².